The van der Waals surface area contributed by atoms with E-state index in [1.165, 1.54) is 13.2 Å². The second-order valence-electron chi connectivity index (χ2n) is 13.7. The van der Waals surface area contributed by atoms with Crippen LogP contribution in [0.1, 0.15) is 103 Å². The molecule has 2 rings (SSSR count). The standard InChI is InChI=1S/C44H57F3O8/c1-55-42(53)24-15-9-7-10-18-33-25-30-40(50)38(33)28-26-36(48)21-13-5-3-2-4-12-20-35-32-34(19-11-6-8-14-23-41(51)52)39(43(35)54)29-27-37(49)22-16-17-31-44(45,46)47/h2,4-7,10-11,13,16-17,25,28-30,32-34,36-37,48-49H,3,8-9,12,14-15,18-24,26-27,31H2,1H3,(H,51,52)/b4-2-,10-7-,11-6-,13-5-,17-16-,38-28+,39-29+. The van der Waals surface area contributed by atoms with Gasteiger partial charge in [-0.05, 0) is 95.1 Å². The molecule has 4 atom stereocenters. The Labute approximate surface area is 323 Å². The number of carbonyl (C=O) groups excluding carboxylic acids is 3. The molecule has 8 nitrogen and oxygen atoms in total. The Balaban J connectivity index is 1.82. The summed E-state index contributed by atoms with van der Waals surface area (Å²) in [5, 5.41) is 29.6. The number of unbranched alkanes of at least 4 members (excludes halogenated alkanes) is 2. The van der Waals surface area contributed by atoms with Crippen LogP contribution >= 0.6 is 0 Å². The summed E-state index contributed by atoms with van der Waals surface area (Å²) in [7, 11) is 1.37. The van der Waals surface area contributed by atoms with Gasteiger partial charge in [0.2, 0.25) is 0 Å². The molecule has 0 radical (unpaired) electrons. The summed E-state index contributed by atoms with van der Waals surface area (Å²) < 4.78 is 41.8. The highest BCUT2D eigenvalue weighted by molar-refractivity contribution is 6.11. The number of methoxy groups -OCH3 is 1. The van der Waals surface area contributed by atoms with Gasteiger partial charge in [-0.2, -0.15) is 13.2 Å². The minimum Gasteiger partial charge on any atom is -0.481 e. The van der Waals surface area contributed by atoms with Crippen LogP contribution in [0.5, 0.6) is 0 Å². The largest absolute Gasteiger partial charge is 0.481 e. The molecule has 302 valence electrons. The van der Waals surface area contributed by atoms with Crippen LogP contribution in [-0.2, 0) is 23.9 Å². The zero-order chi connectivity index (χ0) is 40.5. The Morgan fingerprint density at radius 3 is 1.98 bits per heavy atom. The normalized spacial score (nSPS) is 20.5. The number of halogens is 3. The van der Waals surface area contributed by atoms with Crippen molar-refractivity contribution in [3.8, 4) is 0 Å². The van der Waals surface area contributed by atoms with E-state index >= 15 is 0 Å². The Kier molecular flexibility index (Phi) is 22.5. The molecule has 0 spiro atoms. The van der Waals surface area contributed by atoms with E-state index < -0.39 is 30.8 Å². The molecule has 0 fully saturated rings. The number of Topliss-reactive ketones (excluding diaryl/α,β-unsaturated/α-hetero) is 1. The van der Waals surface area contributed by atoms with Crippen molar-refractivity contribution < 1.29 is 52.4 Å². The summed E-state index contributed by atoms with van der Waals surface area (Å²) in [5.74, 6) is -1.46. The first-order valence-electron chi connectivity index (χ1n) is 19.1. The molecule has 0 bridgehead atoms. The number of carboxylic acids is 1. The second-order valence-corrected chi connectivity index (χ2v) is 13.7. The molecule has 11 heteroatoms. The zero-order valence-electron chi connectivity index (χ0n) is 31.8. The second kappa shape index (κ2) is 26.5. The molecule has 0 aromatic rings. The van der Waals surface area contributed by atoms with E-state index in [0.717, 1.165) is 12.5 Å². The third-order valence-corrected chi connectivity index (χ3v) is 9.11. The Bertz CT molecular complexity index is 1520. The van der Waals surface area contributed by atoms with Gasteiger partial charge in [0.15, 0.2) is 11.6 Å². The molecule has 4 unspecified atom stereocenters. The van der Waals surface area contributed by atoms with Crippen molar-refractivity contribution in [2.75, 3.05) is 7.11 Å². The lowest BCUT2D eigenvalue weighted by Gasteiger charge is -2.10. The molecule has 0 heterocycles. The van der Waals surface area contributed by atoms with E-state index in [0.29, 0.717) is 87.3 Å². The number of hydrogen-bond donors (Lipinski definition) is 3. The molecule has 55 heavy (non-hydrogen) atoms. The van der Waals surface area contributed by atoms with Crippen LogP contribution in [0.2, 0.25) is 0 Å². The quantitative estimate of drug-likeness (QED) is 0.0343. The van der Waals surface area contributed by atoms with Crippen LogP contribution in [0.3, 0.4) is 0 Å². The number of alkyl halides is 3. The van der Waals surface area contributed by atoms with Gasteiger partial charge in [-0.1, -0.05) is 85.1 Å². The van der Waals surface area contributed by atoms with Crippen LogP contribution in [0.25, 0.3) is 0 Å². The summed E-state index contributed by atoms with van der Waals surface area (Å²) in [6.07, 6.45) is 26.9. The van der Waals surface area contributed by atoms with Crippen LogP contribution in [-0.4, -0.2) is 64.3 Å². The summed E-state index contributed by atoms with van der Waals surface area (Å²) in [4.78, 5) is 47.6. The van der Waals surface area contributed by atoms with E-state index in [4.69, 9.17) is 5.11 Å². The Hall–Kier alpha value is -4.35. The summed E-state index contributed by atoms with van der Waals surface area (Å²) in [6, 6.07) is 0. The molecule has 0 aliphatic heterocycles. The number of carboxylic acid groups (broad SMARTS) is 1. The number of ether oxygens (including phenoxy) is 1. The van der Waals surface area contributed by atoms with Crippen LogP contribution in [0, 0.1) is 11.8 Å². The molecular weight excluding hydrogens is 713 g/mol. The molecule has 2 aliphatic rings. The van der Waals surface area contributed by atoms with Gasteiger partial charge in [-0.15, -0.1) is 0 Å². The third-order valence-electron chi connectivity index (χ3n) is 9.11. The number of esters is 1. The maximum absolute atomic E-state index is 13.3. The van der Waals surface area contributed by atoms with Gasteiger partial charge in [0.1, 0.15) is 0 Å². The third kappa shape index (κ3) is 20.8. The van der Waals surface area contributed by atoms with Crippen molar-refractivity contribution in [1.29, 1.82) is 0 Å². The first kappa shape index (κ1) is 46.8. The molecule has 0 saturated carbocycles. The average molecular weight is 771 g/mol. The lowest BCUT2D eigenvalue weighted by atomic mass is 9.95. The maximum Gasteiger partial charge on any atom is 0.392 e. The minimum absolute atomic E-state index is 0.0255. The van der Waals surface area contributed by atoms with Crippen LogP contribution in [0.4, 0.5) is 13.2 Å². The highest BCUT2D eigenvalue weighted by Gasteiger charge is 2.29. The number of allylic oxidation sites excluding steroid dienone is 14. The fourth-order valence-corrected chi connectivity index (χ4v) is 6.07. The van der Waals surface area contributed by atoms with Gasteiger partial charge < -0.3 is 20.1 Å². The van der Waals surface area contributed by atoms with Crippen LogP contribution in [0.15, 0.2) is 108 Å². The summed E-state index contributed by atoms with van der Waals surface area (Å²) >= 11 is 0. The monoisotopic (exact) mass is 770 g/mol. The maximum atomic E-state index is 13.3. The fourth-order valence-electron chi connectivity index (χ4n) is 6.07. The number of ketones is 2. The summed E-state index contributed by atoms with van der Waals surface area (Å²) in [6.45, 7) is 0. The highest BCUT2D eigenvalue weighted by Crippen LogP contribution is 2.33. The lowest BCUT2D eigenvalue weighted by molar-refractivity contribution is -0.141. The lowest BCUT2D eigenvalue weighted by Crippen LogP contribution is -2.09. The fraction of sp³-hybridized carbons (Fsp3) is 0.500. The van der Waals surface area contributed by atoms with Gasteiger partial charge in [0.25, 0.3) is 0 Å². The molecule has 0 aromatic heterocycles. The number of aliphatic hydroxyl groups is 2. The average Bonchev–Trinajstić information content (AvgIpc) is 3.64. The van der Waals surface area contributed by atoms with Crippen molar-refractivity contribution in [2.45, 2.75) is 121 Å². The van der Waals surface area contributed by atoms with Crippen molar-refractivity contribution >= 4 is 23.5 Å². The molecule has 0 aromatic carbocycles. The van der Waals surface area contributed by atoms with E-state index in [2.05, 4.69) is 4.74 Å². The molecule has 2 aliphatic carbocycles. The number of carbonyl (C=O) groups is 4. The number of aliphatic carboxylic acids is 1. The topological polar surface area (TPSA) is 138 Å². The van der Waals surface area contributed by atoms with Gasteiger partial charge in [-0.25, -0.2) is 0 Å². The van der Waals surface area contributed by atoms with E-state index in [9.17, 15) is 42.6 Å². The number of rotatable bonds is 26. The van der Waals surface area contributed by atoms with E-state index in [-0.39, 0.29) is 48.6 Å². The van der Waals surface area contributed by atoms with Crippen molar-refractivity contribution in [3.05, 3.63) is 108 Å². The Morgan fingerprint density at radius 2 is 1.35 bits per heavy atom. The first-order valence-corrected chi connectivity index (χ1v) is 19.1. The van der Waals surface area contributed by atoms with Crippen molar-refractivity contribution in [3.63, 3.8) is 0 Å². The predicted molar refractivity (Wildman–Crippen MR) is 208 cm³/mol. The number of aliphatic hydroxyl groups excluding tert-OH is 2. The molecular formula is C44H57F3O8. The van der Waals surface area contributed by atoms with E-state index in [1.807, 2.05) is 66.8 Å². The van der Waals surface area contributed by atoms with Gasteiger partial charge >= 0.3 is 18.1 Å². The molecule has 0 amide bonds. The number of hydrogen-bond acceptors (Lipinski definition) is 7. The molecule has 3 N–H and O–H groups in total. The van der Waals surface area contributed by atoms with Crippen LogP contribution < -0.4 is 0 Å². The first-order chi connectivity index (χ1) is 26.3. The van der Waals surface area contributed by atoms with E-state index in [1.54, 1.807) is 12.2 Å². The van der Waals surface area contributed by atoms with Gasteiger partial charge in [0.05, 0.1) is 25.7 Å². The predicted octanol–water partition coefficient (Wildman–Crippen LogP) is 9.28. The highest BCUT2D eigenvalue weighted by atomic mass is 19.4. The van der Waals surface area contributed by atoms with Gasteiger partial charge in [-0.3, -0.25) is 19.2 Å². The molecule has 0 saturated heterocycles. The summed E-state index contributed by atoms with van der Waals surface area (Å²) in [5.41, 5.74) is 1.90. The SMILES string of the molecule is COC(=O)CCC/C=C\CC1C=CC(=O)/C1=C/CC(O)C/C=C\C/C=C\CCC1=CC(C/C=C\CCCC(=O)O)/C(=C\CC(O)C/C=C\CC(F)(F)F)C1=O. The smallest absolute Gasteiger partial charge is 0.392 e. The zero-order valence-corrected chi connectivity index (χ0v) is 31.8. The van der Waals surface area contributed by atoms with Gasteiger partial charge in [0, 0.05) is 35.8 Å². The minimum atomic E-state index is -4.30. The van der Waals surface area contributed by atoms with Crippen molar-refractivity contribution in [1.82, 2.24) is 0 Å². The van der Waals surface area contributed by atoms with Crippen molar-refractivity contribution in [2.24, 2.45) is 11.8 Å². The Morgan fingerprint density at radius 1 is 0.764 bits per heavy atom.